The lowest BCUT2D eigenvalue weighted by Crippen LogP contribution is -2.30. The fourth-order valence-corrected chi connectivity index (χ4v) is 3.48. The molecule has 0 spiro atoms. The zero-order chi connectivity index (χ0) is 17.4. The molecule has 0 unspecified atom stereocenters. The molecule has 1 fully saturated rings. The molecule has 6 heteroatoms. The Hall–Kier alpha value is -3.20. The minimum absolute atomic E-state index is 0.00180. The van der Waals surface area contributed by atoms with Crippen LogP contribution in [0.1, 0.15) is 46.1 Å². The maximum Gasteiger partial charge on any atom is 0.255 e. The number of likely N-dealkylation sites (tertiary alicyclic amines) is 1. The number of aromatic nitrogens is 3. The number of hydrogen-bond acceptors (Lipinski definition) is 4. The number of aromatic amines is 1. The van der Waals surface area contributed by atoms with E-state index < -0.39 is 0 Å². The van der Waals surface area contributed by atoms with E-state index in [1.165, 1.54) is 0 Å². The van der Waals surface area contributed by atoms with Crippen molar-refractivity contribution in [3.05, 3.63) is 58.9 Å². The molecule has 1 atom stereocenters. The summed E-state index contributed by atoms with van der Waals surface area (Å²) in [6, 6.07) is 11.5. The summed E-state index contributed by atoms with van der Waals surface area (Å²) in [6.07, 6.45) is 3.46. The van der Waals surface area contributed by atoms with Gasteiger partial charge in [0.25, 0.3) is 5.91 Å². The SMILES string of the molecule is Cc1n[nH]c2ncc(C(=O)N3CCC[C@H]3c3cccc(C#N)c3)cc12. The molecule has 1 saturated heterocycles. The number of H-pyrrole nitrogens is 1. The van der Waals surface area contributed by atoms with Crippen LogP contribution in [-0.4, -0.2) is 32.5 Å². The van der Waals surface area contributed by atoms with Crippen molar-refractivity contribution in [1.82, 2.24) is 20.1 Å². The first kappa shape index (κ1) is 15.3. The molecule has 2 aromatic heterocycles. The summed E-state index contributed by atoms with van der Waals surface area (Å²) >= 11 is 0. The van der Waals surface area contributed by atoms with Gasteiger partial charge in [0.05, 0.1) is 28.9 Å². The molecule has 0 aliphatic carbocycles. The van der Waals surface area contributed by atoms with Crippen molar-refractivity contribution in [3.8, 4) is 6.07 Å². The molecule has 6 nitrogen and oxygen atoms in total. The van der Waals surface area contributed by atoms with E-state index in [1.807, 2.05) is 36.1 Å². The maximum absolute atomic E-state index is 13.1. The Kier molecular flexibility index (Phi) is 3.69. The van der Waals surface area contributed by atoms with Gasteiger partial charge in [0.15, 0.2) is 5.65 Å². The van der Waals surface area contributed by atoms with Crippen LogP contribution in [-0.2, 0) is 0 Å². The average Bonchev–Trinajstić information content (AvgIpc) is 3.28. The van der Waals surface area contributed by atoms with Crippen molar-refractivity contribution < 1.29 is 4.79 Å². The van der Waals surface area contributed by atoms with Crippen LogP contribution in [0.3, 0.4) is 0 Å². The number of aryl methyl sites for hydroxylation is 1. The monoisotopic (exact) mass is 331 g/mol. The highest BCUT2D eigenvalue weighted by Crippen LogP contribution is 2.33. The van der Waals surface area contributed by atoms with Crippen LogP contribution in [0.5, 0.6) is 0 Å². The molecule has 3 aromatic rings. The molecule has 0 radical (unpaired) electrons. The lowest BCUT2D eigenvalue weighted by Gasteiger charge is -2.25. The van der Waals surface area contributed by atoms with E-state index in [4.69, 9.17) is 5.26 Å². The number of carbonyl (C=O) groups is 1. The lowest BCUT2D eigenvalue weighted by atomic mass is 10.0. The van der Waals surface area contributed by atoms with Crippen molar-refractivity contribution in [2.45, 2.75) is 25.8 Å². The Balaban J connectivity index is 1.67. The number of hydrogen-bond donors (Lipinski definition) is 1. The van der Waals surface area contributed by atoms with E-state index in [0.29, 0.717) is 23.3 Å². The number of amides is 1. The third-order valence-corrected chi connectivity index (χ3v) is 4.77. The van der Waals surface area contributed by atoms with Crippen molar-refractivity contribution >= 4 is 16.9 Å². The smallest absolute Gasteiger partial charge is 0.255 e. The average molecular weight is 331 g/mol. The molecular weight excluding hydrogens is 314 g/mol. The van der Waals surface area contributed by atoms with Crippen LogP contribution < -0.4 is 0 Å². The Morgan fingerprint density at radius 2 is 2.28 bits per heavy atom. The Bertz CT molecular complexity index is 1000. The second-order valence-corrected chi connectivity index (χ2v) is 6.32. The number of nitrogens with one attached hydrogen (secondary N) is 1. The Morgan fingerprint density at radius 1 is 1.40 bits per heavy atom. The highest BCUT2D eigenvalue weighted by atomic mass is 16.2. The van der Waals surface area contributed by atoms with Crippen LogP contribution in [0.25, 0.3) is 11.0 Å². The molecule has 4 rings (SSSR count). The molecule has 3 heterocycles. The van der Waals surface area contributed by atoms with E-state index in [2.05, 4.69) is 21.3 Å². The van der Waals surface area contributed by atoms with Crippen molar-refractivity contribution in [1.29, 1.82) is 5.26 Å². The summed E-state index contributed by atoms with van der Waals surface area (Å²) in [6.45, 7) is 2.60. The standard InChI is InChI=1S/C19H17N5O/c1-12-16-9-15(11-21-18(16)23-22-12)19(25)24-7-3-6-17(24)14-5-2-4-13(8-14)10-20/h2,4-5,8-9,11,17H,3,6-7H2,1H3,(H,21,22,23)/t17-/m0/s1. The normalized spacial score (nSPS) is 17.0. The summed E-state index contributed by atoms with van der Waals surface area (Å²) in [5.41, 5.74) is 3.72. The second-order valence-electron chi connectivity index (χ2n) is 6.32. The number of carbonyl (C=O) groups excluding carboxylic acids is 1. The molecule has 124 valence electrons. The van der Waals surface area contributed by atoms with Gasteiger partial charge in [-0.3, -0.25) is 9.89 Å². The first-order valence-electron chi connectivity index (χ1n) is 8.29. The van der Waals surface area contributed by atoms with Gasteiger partial charge < -0.3 is 4.90 Å². The lowest BCUT2D eigenvalue weighted by molar-refractivity contribution is 0.0735. The Labute approximate surface area is 145 Å². The fraction of sp³-hybridized carbons (Fsp3) is 0.263. The fourth-order valence-electron chi connectivity index (χ4n) is 3.48. The van der Waals surface area contributed by atoms with E-state index in [0.717, 1.165) is 29.5 Å². The largest absolute Gasteiger partial charge is 0.332 e. The zero-order valence-electron chi connectivity index (χ0n) is 13.9. The molecule has 1 amide bonds. The molecule has 25 heavy (non-hydrogen) atoms. The highest BCUT2D eigenvalue weighted by molar-refractivity contribution is 5.97. The van der Waals surface area contributed by atoms with Crippen LogP contribution in [0.15, 0.2) is 36.5 Å². The predicted octanol–water partition coefficient (Wildman–Crippen LogP) is 3.12. The van der Waals surface area contributed by atoms with E-state index in [-0.39, 0.29) is 11.9 Å². The number of benzene rings is 1. The molecule has 1 N–H and O–H groups in total. The number of rotatable bonds is 2. The number of nitriles is 1. The molecule has 0 saturated carbocycles. The van der Waals surface area contributed by atoms with E-state index >= 15 is 0 Å². The van der Waals surface area contributed by atoms with Crippen molar-refractivity contribution in [3.63, 3.8) is 0 Å². The van der Waals surface area contributed by atoms with Gasteiger partial charge in [-0.05, 0) is 43.5 Å². The highest BCUT2D eigenvalue weighted by Gasteiger charge is 2.31. The minimum atomic E-state index is -0.0279. The number of fused-ring (bicyclic) bond motifs is 1. The number of pyridine rings is 1. The first-order chi connectivity index (χ1) is 12.2. The Morgan fingerprint density at radius 3 is 3.12 bits per heavy atom. The molecule has 1 aliphatic heterocycles. The van der Waals surface area contributed by atoms with E-state index in [1.54, 1.807) is 12.3 Å². The third-order valence-electron chi connectivity index (χ3n) is 4.77. The third kappa shape index (κ3) is 2.64. The molecular formula is C19H17N5O. The van der Waals surface area contributed by atoms with Crippen LogP contribution in [0.2, 0.25) is 0 Å². The van der Waals surface area contributed by atoms with Crippen LogP contribution in [0, 0.1) is 18.3 Å². The van der Waals surface area contributed by atoms with Gasteiger partial charge in [-0.2, -0.15) is 10.4 Å². The van der Waals surface area contributed by atoms with Crippen molar-refractivity contribution in [2.75, 3.05) is 6.54 Å². The van der Waals surface area contributed by atoms with Crippen LogP contribution in [0.4, 0.5) is 0 Å². The minimum Gasteiger partial charge on any atom is -0.332 e. The summed E-state index contributed by atoms with van der Waals surface area (Å²) < 4.78 is 0. The van der Waals surface area contributed by atoms with Gasteiger partial charge in [0.1, 0.15) is 0 Å². The summed E-state index contributed by atoms with van der Waals surface area (Å²) in [5.74, 6) is -0.0279. The summed E-state index contributed by atoms with van der Waals surface area (Å²) in [5, 5.41) is 17.0. The van der Waals surface area contributed by atoms with Gasteiger partial charge in [-0.15, -0.1) is 0 Å². The maximum atomic E-state index is 13.1. The van der Waals surface area contributed by atoms with Gasteiger partial charge in [-0.1, -0.05) is 12.1 Å². The summed E-state index contributed by atoms with van der Waals surface area (Å²) in [4.78, 5) is 19.2. The molecule has 1 aliphatic rings. The number of nitrogens with zero attached hydrogens (tertiary/aromatic N) is 4. The first-order valence-corrected chi connectivity index (χ1v) is 8.29. The molecule has 0 bridgehead atoms. The topological polar surface area (TPSA) is 85.7 Å². The van der Waals surface area contributed by atoms with Gasteiger partial charge in [0.2, 0.25) is 0 Å². The van der Waals surface area contributed by atoms with Gasteiger partial charge >= 0.3 is 0 Å². The van der Waals surface area contributed by atoms with E-state index in [9.17, 15) is 4.79 Å². The quantitative estimate of drug-likeness (QED) is 0.782. The zero-order valence-corrected chi connectivity index (χ0v) is 13.9. The molecule has 1 aromatic carbocycles. The van der Waals surface area contributed by atoms with Gasteiger partial charge in [-0.25, -0.2) is 4.98 Å². The van der Waals surface area contributed by atoms with Gasteiger partial charge in [0, 0.05) is 18.1 Å². The predicted molar refractivity (Wildman–Crippen MR) is 92.8 cm³/mol. The second kappa shape index (κ2) is 6.02. The summed E-state index contributed by atoms with van der Waals surface area (Å²) in [7, 11) is 0. The van der Waals surface area contributed by atoms with Crippen LogP contribution >= 0.6 is 0 Å². The van der Waals surface area contributed by atoms with Crippen molar-refractivity contribution in [2.24, 2.45) is 0 Å².